The van der Waals surface area contributed by atoms with Crippen LogP contribution in [0.5, 0.6) is 0 Å². The average Bonchev–Trinajstić information content (AvgIpc) is 2.18. The van der Waals surface area contributed by atoms with Crippen molar-refractivity contribution in [3.63, 3.8) is 0 Å². The summed E-state index contributed by atoms with van der Waals surface area (Å²) >= 11 is 0. The molecule has 0 amide bonds. The molecule has 1 aromatic carbocycles. The minimum atomic E-state index is 0. The minimum absolute atomic E-state index is 0. The van der Waals surface area contributed by atoms with Crippen LogP contribution in [0, 0.1) is 13.8 Å². The Balaban J connectivity index is 0.00000196. The van der Waals surface area contributed by atoms with E-state index in [-0.39, 0.29) is 5.48 Å². The molecule has 5 nitrogen and oxygen atoms in total. The molecule has 0 unspecified atom stereocenters. The van der Waals surface area contributed by atoms with E-state index in [1.165, 1.54) is 12.2 Å². The number of aliphatic imine (C=N–C) groups is 2. The second kappa shape index (κ2) is 5.62. The standard InChI is InChI=1S/C10H8N2O2.H2O/c1-7-3-4-9(11-5-13)10(8(7)2)12-6-14;/h3-4H,1-2H3;1H2. The van der Waals surface area contributed by atoms with E-state index in [4.69, 9.17) is 0 Å². The highest BCUT2D eigenvalue weighted by molar-refractivity contribution is 5.72. The minimum Gasteiger partial charge on any atom is -0.412 e. The van der Waals surface area contributed by atoms with Gasteiger partial charge in [0.15, 0.2) is 0 Å². The summed E-state index contributed by atoms with van der Waals surface area (Å²) in [6.07, 6.45) is 2.85. The highest BCUT2D eigenvalue weighted by atomic mass is 16.1. The summed E-state index contributed by atoms with van der Waals surface area (Å²) in [5, 5.41) is 0. The molecule has 0 aromatic heterocycles. The second-order valence-electron chi connectivity index (χ2n) is 2.78. The Bertz CT molecular complexity index is 456. The number of carbonyl (C=O) groups excluding carboxylic acids is 2. The molecule has 0 atom stereocenters. The Morgan fingerprint density at radius 2 is 1.67 bits per heavy atom. The summed E-state index contributed by atoms with van der Waals surface area (Å²) in [6.45, 7) is 3.68. The normalized spacial score (nSPS) is 8.13. The van der Waals surface area contributed by atoms with Crippen LogP contribution in [0.4, 0.5) is 11.4 Å². The number of hydrogen-bond acceptors (Lipinski definition) is 4. The van der Waals surface area contributed by atoms with Crippen LogP contribution in [0.2, 0.25) is 0 Å². The Morgan fingerprint density at radius 1 is 1.07 bits per heavy atom. The number of nitrogens with zero attached hydrogens (tertiary/aromatic N) is 2. The molecule has 0 aliphatic rings. The van der Waals surface area contributed by atoms with Crippen molar-refractivity contribution in [2.24, 2.45) is 9.98 Å². The SMILES string of the molecule is Cc1ccc(N=C=O)c(N=C=O)c1C.O. The molecule has 0 spiro atoms. The quantitative estimate of drug-likeness (QED) is 0.540. The van der Waals surface area contributed by atoms with E-state index in [1.807, 2.05) is 6.92 Å². The summed E-state index contributed by atoms with van der Waals surface area (Å²) in [5.74, 6) is 0. The Hall–Kier alpha value is -2.06. The molecule has 15 heavy (non-hydrogen) atoms. The van der Waals surface area contributed by atoms with Gasteiger partial charge in [-0.2, -0.15) is 9.98 Å². The van der Waals surface area contributed by atoms with E-state index < -0.39 is 0 Å². The fourth-order valence-corrected chi connectivity index (χ4v) is 1.11. The smallest absolute Gasteiger partial charge is 0.240 e. The number of rotatable bonds is 2. The van der Waals surface area contributed by atoms with Crippen LogP contribution in [-0.4, -0.2) is 17.6 Å². The number of benzene rings is 1. The predicted octanol–water partition coefficient (Wildman–Crippen LogP) is 1.41. The molecule has 0 saturated heterocycles. The zero-order valence-corrected chi connectivity index (χ0v) is 8.37. The van der Waals surface area contributed by atoms with Gasteiger partial charge in [0.25, 0.3) is 0 Å². The van der Waals surface area contributed by atoms with Crippen molar-refractivity contribution in [1.82, 2.24) is 0 Å². The molecule has 2 N–H and O–H groups in total. The molecule has 78 valence electrons. The summed E-state index contributed by atoms with van der Waals surface area (Å²) in [4.78, 5) is 27.2. The molecular formula is C10H10N2O3. The Labute approximate surface area is 86.5 Å². The van der Waals surface area contributed by atoms with Gasteiger partial charge in [-0.25, -0.2) is 9.59 Å². The molecule has 1 rings (SSSR count). The average molecular weight is 206 g/mol. The summed E-state index contributed by atoms with van der Waals surface area (Å²) in [6, 6.07) is 3.42. The lowest BCUT2D eigenvalue weighted by Crippen LogP contribution is -1.81. The van der Waals surface area contributed by atoms with Crippen molar-refractivity contribution >= 4 is 23.5 Å². The summed E-state index contributed by atoms with van der Waals surface area (Å²) in [7, 11) is 0. The lowest BCUT2D eigenvalue weighted by atomic mass is 10.1. The maximum atomic E-state index is 10.2. The van der Waals surface area contributed by atoms with E-state index in [2.05, 4.69) is 9.98 Å². The highest BCUT2D eigenvalue weighted by Crippen LogP contribution is 2.32. The van der Waals surface area contributed by atoms with Crippen LogP contribution in [-0.2, 0) is 9.59 Å². The first-order chi connectivity index (χ1) is 6.70. The molecule has 0 fully saturated rings. The Kier molecular flexibility index (Phi) is 4.85. The van der Waals surface area contributed by atoms with Crippen molar-refractivity contribution in [2.45, 2.75) is 13.8 Å². The van der Waals surface area contributed by atoms with Crippen LogP contribution in [0.15, 0.2) is 22.1 Å². The molecule has 1 aromatic rings. The van der Waals surface area contributed by atoms with Gasteiger partial charge >= 0.3 is 0 Å². The summed E-state index contributed by atoms with van der Waals surface area (Å²) in [5.41, 5.74) is 2.50. The first-order valence-corrected chi connectivity index (χ1v) is 3.96. The first kappa shape index (κ1) is 12.9. The van der Waals surface area contributed by atoms with Crippen LogP contribution >= 0.6 is 0 Å². The topological polar surface area (TPSA) is 90.4 Å². The van der Waals surface area contributed by atoms with E-state index in [0.717, 1.165) is 11.1 Å². The second-order valence-corrected chi connectivity index (χ2v) is 2.78. The van der Waals surface area contributed by atoms with Gasteiger partial charge in [-0.05, 0) is 31.0 Å². The van der Waals surface area contributed by atoms with Gasteiger partial charge in [0.05, 0.1) is 0 Å². The van der Waals surface area contributed by atoms with Gasteiger partial charge in [0.2, 0.25) is 12.2 Å². The monoisotopic (exact) mass is 206 g/mol. The lowest BCUT2D eigenvalue weighted by Gasteiger charge is -2.04. The van der Waals surface area contributed by atoms with Crippen molar-refractivity contribution < 1.29 is 15.1 Å². The molecule has 5 heteroatoms. The molecular weight excluding hydrogens is 196 g/mol. The largest absolute Gasteiger partial charge is 0.412 e. The molecule has 0 aliphatic heterocycles. The summed E-state index contributed by atoms with van der Waals surface area (Å²) < 4.78 is 0. The third-order valence-corrected chi connectivity index (χ3v) is 2.00. The third kappa shape index (κ3) is 2.69. The fourth-order valence-electron chi connectivity index (χ4n) is 1.11. The predicted molar refractivity (Wildman–Crippen MR) is 55.1 cm³/mol. The molecule has 0 bridgehead atoms. The first-order valence-electron chi connectivity index (χ1n) is 3.96. The van der Waals surface area contributed by atoms with E-state index in [0.29, 0.717) is 11.4 Å². The number of aryl methyl sites for hydroxylation is 1. The maximum absolute atomic E-state index is 10.2. The van der Waals surface area contributed by atoms with Crippen LogP contribution in [0.3, 0.4) is 0 Å². The van der Waals surface area contributed by atoms with Crippen LogP contribution in [0.1, 0.15) is 11.1 Å². The van der Waals surface area contributed by atoms with Crippen molar-refractivity contribution in [1.29, 1.82) is 0 Å². The van der Waals surface area contributed by atoms with E-state index in [1.54, 1.807) is 19.1 Å². The molecule has 0 aliphatic carbocycles. The van der Waals surface area contributed by atoms with Gasteiger partial charge in [-0.3, -0.25) is 0 Å². The van der Waals surface area contributed by atoms with Crippen LogP contribution < -0.4 is 0 Å². The lowest BCUT2D eigenvalue weighted by molar-refractivity contribution is 0.564. The van der Waals surface area contributed by atoms with Gasteiger partial charge < -0.3 is 5.48 Å². The van der Waals surface area contributed by atoms with Gasteiger partial charge in [-0.15, -0.1) is 0 Å². The maximum Gasteiger partial charge on any atom is 0.240 e. The third-order valence-electron chi connectivity index (χ3n) is 2.00. The highest BCUT2D eigenvalue weighted by Gasteiger charge is 2.06. The number of hydrogen-bond donors (Lipinski definition) is 0. The zero-order chi connectivity index (χ0) is 10.6. The van der Waals surface area contributed by atoms with Crippen LogP contribution in [0.25, 0.3) is 0 Å². The van der Waals surface area contributed by atoms with Crippen molar-refractivity contribution in [2.75, 3.05) is 0 Å². The van der Waals surface area contributed by atoms with Crippen molar-refractivity contribution in [3.05, 3.63) is 23.3 Å². The van der Waals surface area contributed by atoms with E-state index >= 15 is 0 Å². The van der Waals surface area contributed by atoms with Gasteiger partial charge in [-0.1, -0.05) is 6.07 Å². The molecule has 0 heterocycles. The molecule has 0 saturated carbocycles. The molecule has 0 radical (unpaired) electrons. The van der Waals surface area contributed by atoms with Gasteiger partial charge in [0.1, 0.15) is 11.4 Å². The van der Waals surface area contributed by atoms with E-state index in [9.17, 15) is 9.59 Å². The number of isocyanates is 2. The van der Waals surface area contributed by atoms with Gasteiger partial charge in [0, 0.05) is 0 Å². The zero-order valence-electron chi connectivity index (χ0n) is 8.37. The fraction of sp³-hybridized carbons (Fsp3) is 0.200. The Morgan fingerprint density at radius 3 is 2.20 bits per heavy atom. The van der Waals surface area contributed by atoms with Crippen molar-refractivity contribution in [3.8, 4) is 0 Å².